The molecule has 0 heterocycles. The molecular weight excluding hydrogens is 168 g/mol. The summed E-state index contributed by atoms with van der Waals surface area (Å²) in [5, 5.41) is 20.9. The standard InChI is InChI=1S/C9H20N2O2/c10-7-2-1-3-8(4-7)11-9(5-12)6-13/h7-9,11-13H,1-6,10H2. The van der Waals surface area contributed by atoms with Gasteiger partial charge in [0.05, 0.1) is 19.3 Å². The van der Waals surface area contributed by atoms with Crippen LogP contribution in [0, 0.1) is 0 Å². The first kappa shape index (κ1) is 10.9. The van der Waals surface area contributed by atoms with Gasteiger partial charge in [-0.2, -0.15) is 0 Å². The monoisotopic (exact) mass is 188 g/mol. The average Bonchev–Trinajstić information content (AvgIpc) is 2.14. The number of nitrogens with one attached hydrogen (secondary N) is 1. The number of hydrogen-bond acceptors (Lipinski definition) is 4. The molecule has 5 N–H and O–H groups in total. The summed E-state index contributed by atoms with van der Waals surface area (Å²) >= 11 is 0. The zero-order valence-corrected chi connectivity index (χ0v) is 7.95. The number of hydrogen-bond donors (Lipinski definition) is 4. The highest BCUT2D eigenvalue weighted by molar-refractivity contribution is 4.82. The maximum absolute atomic E-state index is 8.87. The van der Waals surface area contributed by atoms with E-state index in [1.54, 1.807) is 0 Å². The van der Waals surface area contributed by atoms with E-state index in [2.05, 4.69) is 5.32 Å². The highest BCUT2D eigenvalue weighted by Gasteiger charge is 2.20. The van der Waals surface area contributed by atoms with E-state index < -0.39 is 0 Å². The second-order valence-electron chi connectivity index (χ2n) is 3.85. The molecule has 78 valence electrons. The SMILES string of the molecule is NC1CCCC(NC(CO)CO)C1. The molecule has 0 bridgehead atoms. The van der Waals surface area contributed by atoms with Crippen molar-refractivity contribution < 1.29 is 10.2 Å². The van der Waals surface area contributed by atoms with Crippen molar-refractivity contribution in [1.29, 1.82) is 0 Å². The Morgan fingerprint density at radius 1 is 1.31 bits per heavy atom. The van der Waals surface area contributed by atoms with Crippen LogP contribution >= 0.6 is 0 Å². The van der Waals surface area contributed by atoms with Crippen LogP contribution in [0.1, 0.15) is 25.7 Å². The summed E-state index contributed by atoms with van der Waals surface area (Å²) in [5.74, 6) is 0. The van der Waals surface area contributed by atoms with E-state index in [9.17, 15) is 0 Å². The molecule has 1 fully saturated rings. The Hall–Kier alpha value is -0.160. The van der Waals surface area contributed by atoms with E-state index in [4.69, 9.17) is 15.9 Å². The normalized spacial score (nSPS) is 29.5. The lowest BCUT2D eigenvalue weighted by atomic mass is 9.91. The molecule has 0 aromatic heterocycles. The minimum atomic E-state index is -0.185. The Kier molecular flexibility index (Phi) is 4.66. The Morgan fingerprint density at radius 3 is 2.54 bits per heavy atom. The molecule has 1 aliphatic carbocycles. The van der Waals surface area contributed by atoms with Crippen LogP contribution in [0.5, 0.6) is 0 Å². The molecule has 0 radical (unpaired) electrons. The molecule has 1 saturated carbocycles. The third kappa shape index (κ3) is 3.60. The summed E-state index contributed by atoms with van der Waals surface area (Å²) in [7, 11) is 0. The van der Waals surface area contributed by atoms with Gasteiger partial charge in [-0.3, -0.25) is 0 Å². The highest BCUT2D eigenvalue weighted by atomic mass is 16.3. The van der Waals surface area contributed by atoms with Crippen molar-refractivity contribution in [3.63, 3.8) is 0 Å². The molecule has 0 aliphatic heterocycles. The van der Waals surface area contributed by atoms with Gasteiger partial charge in [-0.15, -0.1) is 0 Å². The van der Waals surface area contributed by atoms with Crippen LogP contribution in [0.25, 0.3) is 0 Å². The van der Waals surface area contributed by atoms with Crippen molar-refractivity contribution in [3.05, 3.63) is 0 Å². The smallest absolute Gasteiger partial charge is 0.0607 e. The first-order valence-electron chi connectivity index (χ1n) is 4.99. The second-order valence-corrected chi connectivity index (χ2v) is 3.85. The first-order valence-corrected chi connectivity index (χ1v) is 4.99. The zero-order chi connectivity index (χ0) is 9.68. The van der Waals surface area contributed by atoms with Crippen molar-refractivity contribution >= 4 is 0 Å². The van der Waals surface area contributed by atoms with E-state index >= 15 is 0 Å². The molecule has 2 unspecified atom stereocenters. The molecule has 4 heteroatoms. The molecule has 0 aromatic carbocycles. The lowest BCUT2D eigenvalue weighted by molar-refractivity contribution is 0.153. The third-order valence-electron chi connectivity index (χ3n) is 2.63. The molecule has 0 spiro atoms. The minimum absolute atomic E-state index is 0.0117. The van der Waals surface area contributed by atoms with Crippen LogP contribution in [0.3, 0.4) is 0 Å². The van der Waals surface area contributed by atoms with Gasteiger partial charge in [0.15, 0.2) is 0 Å². The van der Waals surface area contributed by atoms with E-state index in [-0.39, 0.29) is 25.3 Å². The summed E-state index contributed by atoms with van der Waals surface area (Å²) in [6.07, 6.45) is 4.30. The van der Waals surface area contributed by atoms with E-state index in [0.717, 1.165) is 25.7 Å². The number of rotatable bonds is 4. The first-order chi connectivity index (χ1) is 6.26. The van der Waals surface area contributed by atoms with Gasteiger partial charge < -0.3 is 21.3 Å². The Bertz CT molecular complexity index is 140. The summed E-state index contributed by atoms with van der Waals surface area (Å²) in [4.78, 5) is 0. The Morgan fingerprint density at radius 2 is 2.00 bits per heavy atom. The van der Waals surface area contributed by atoms with Crippen LogP contribution in [0.2, 0.25) is 0 Å². The summed E-state index contributed by atoms with van der Waals surface area (Å²) in [6.45, 7) is -0.0233. The van der Waals surface area contributed by atoms with E-state index in [1.165, 1.54) is 0 Å². The van der Waals surface area contributed by atoms with Gasteiger partial charge in [0.25, 0.3) is 0 Å². The predicted octanol–water partition coefficient (Wildman–Crippen LogP) is -0.801. The molecule has 13 heavy (non-hydrogen) atoms. The molecule has 0 saturated heterocycles. The van der Waals surface area contributed by atoms with Gasteiger partial charge in [-0.1, -0.05) is 6.42 Å². The maximum Gasteiger partial charge on any atom is 0.0607 e. The van der Waals surface area contributed by atoms with Crippen LogP contribution in [-0.2, 0) is 0 Å². The molecule has 1 rings (SSSR count). The maximum atomic E-state index is 8.87. The third-order valence-corrected chi connectivity index (χ3v) is 2.63. The van der Waals surface area contributed by atoms with Crippen molar-refractivity contribution in [2.75, 3.05) is 13.2 Å². The summed E-state index contributed by atoms with van der Waals surface area (Å²) < 4.78 is 0. The number of aliphatic hydroxyl groups excluding tert-OH is 2. The molecule has 0 amide bonds. The quantitative estimate of drug-likeness (QED) is 0.466. The van der Waals surface area contributed by atoms with Crippen LogP contribution in [-0.4, -0.2) is 41.6 Å². The van der Waals surface area contributed by atoms with E-state index in [1.807, 2.05) is 0 Å². The topological polar surface area (TPSA) is 78.5 Å². The Labute approximate surface area is 79.1 Å². The van der Waals surface area contributed by atoms with Gasteiger partial charge in [0.1, 0.15) is 0 Å². The van der Waals surface area contributed by atoms with Crippen LogP contribution in [0.15, 0.2) is 0 Å². The van der Waals surface area contributed by atoms with E-state index in [0.29, 0.717) is 6.04 Å². The molecule has 0 aromatic rings. The molecular formula is C9H20N2O2. The lowest BCUT2D eigenvalue weighted by Gasteiger charge is -2.30. The largest absolute Gasteiger partial charge is 0.395 e. The summed E-state index contributed by atoms with van der Waals surface area (Å²) in [6, 6.07) is 0.465. The van der Waals surface area contributed by atoms with Crippen LogP contribution in [0.4, 0.5) is 0 Å². The van der Waals surface area contributed by atoms with Gasteiger partial charge in [0, 0.05) is 12.1 Å². The van der Waals surface area contributed by atoms with Crippen molar-refractivity contribution in [2.45, 2.75) is 43.8 Å². The second kappa shape index (κ2) is 5.54. The number of nitrogens with two attached hydrogens (primary N) is 1. The van der Waals surface area contributed by atoms with Gasteiger partial charge in [-0.05, 0) is 19.3 Å². The van der Waals surface area contributed by atoms with Crippen molar-refractivity contribution in [1.82, 2.24) is 5.32 Å². The van der Waals surface area contributed by atoms with Crippen molar-refractivity contribution in [2.24, 2.45) is 5.73 Å². The molecule has 2 atom stereocenters. The zero-order valence-electron chi connectivity index (χ0n) is 7.95. The predicted molar refractivity (Wildman–Crippen MR) is 51.3 cm³/mol. The minimum Gasteiger partial charge on any atom is -0.395 e. The van der Waals surface area contributed by atoms with Gasteiger partial charge >= 0.3 is 0 Å². The van der Waals surface area contributed by atoms with Crippen molar-refractivity contribution in [3.8, 4) is 0 Å². The van der Waals surface area contributed by atoms with Crippen LogP contribution < -0.4 is 11.1 Å². The average molecular weight is 188 g/mol. The number of aliphatic hydroxyl groups is 2. The fraction of sp³-hybridized carbons (Fsp3) is 1.00. The Balaban J connectivity index is 2.26. The highest BCUT2D eigenvalue weighted by Crippen LogP contribution is 2.17. The molecule has 4 nitrogen and oxygen atoms in total. The van der Waals surface area contributed by atoms with Gasteiger partial charge in [0.2, 0.25) is 0 Å². The fourth-order valence-corrected chi connectivity index (χ4v) is 1.88. The lowest BCUT2D eigenvalue weighted by Crippen LogP contribution is -2.47. The molecule has 1 aliphatic rings. The fourth-order valence-electron chi connectivity index (χ4n) is 1.88. The van der Waals surface area contributed by atoms with Gasteiger partial charge in [-0.25, -0.2) is 0 Å². The summed E-state index contributed by atoms with van der Waals surface area (Å²) in [5.41, 5.74) is 5.82.